The van der Waals surface area contributed by atoms with Gasteiger partial charge in [-0.05, 0) is 12.1 Å². The van der Waals surface area contributed by atoms with Crippen molar-refractivity contribution < 1.29 is 13.4 Å². The number of furan rings is 1. The summed E-state index contributed by atoms with van der Waals surface area (Å²) in [6.07, 6.45) is 1.48. The molecule has 0 radical (unpaired) electrons. The molecule has 1 aliphatic rings. The fourth-order valence-electron chi connectivity index (χ4n) is 1.40. The molecule has 1 amide bonds. The third kappa shape index (κ3) is 1.87. The number of carbonyl (C=O) groups excluding carboxylic acids is 1. The molecule has 1 fully saturated rings. The van der Waals surface area contributed by atoms with Crippen LogP contribution in [-0.4, -0.2) is 39.6 Å². The molecule has 2 rings (SSSR count). The minimum Gasteiger partial charge on any atom is -0.459 e. The Bertz CT molecular complexity index is 337. The predicted octanol–water partition coefficient (Wildman–Crippen LogP) is 0.484. The molecule has 76 valence electrons. The van der Waals surface area contributed by atoms with Crippen molar-refractivity contribution in [1.82, 2.24) is 4.90 Å². The Balaban J connectivity index is 2.03. The highest BCUT2D eigenvalue weighted by Gasteiger charge is 2.22. The second kappa shape index (κ2) is 3.96. The summed E-state index contributed by atoms with van der Waals surface area (Å²) in [6, 6.07) is 3.34. The van der Waals surface area contributed by atoms with E-state index in [4.69, 9.17) is 4.42 Å². The van der Waals surface area contributed by atoms with Gasteiger partial charge >= 0.3 is 0 Å². The molecule has 1 aromatic rings. The smallest absolute Gasteiger partial charge is 0.289 e. The van der Waals surface area contributed by atoms with E-state index in [9.17, 15) is 9.00 Å². The van der Waals surface area contributed by atoms with Crippen molar-refractivity contribution in [3.05, 3.63) is 24.2 Å². The lowest BCUT2D eigenvalue weighted by atomic mass is 10.3. The summed E-state index contributed by atoms with van der Waals surface area (Å²) in [5, 5.41) is 0. The largest absolute Gasteiger partial charge is 0.459 e. The highest BCUT2D eigenvalue weighted by Crippen LogP contribution is 2.08. The monoisotopic (exact) mass is 213 g/mol. The van der Waals surface area contributed by atoms with Crippen molar-refractivity contribution in [2.75, 3.05) is 24.6 Å². The second-order valence-electron chi connectivity index (χ2n) is 3.12. The molecule has 0 unspecified atom stereocenters. The molecule has 2 heterocycles. The third-order valence-electron chi connectivity index (χ3n) is 2.20. The van der Waals surface area contributed by atoms with Crippen LogP contribution in [0.1, 0.15) is 10.6 Å². The van der Waals surface area contributed by atoms with Crippen LogP contribution in [-0.2, 0) is 10.8 Å². The van der Waals surface area contributed by atoms with Crippen LogP contribution < -0.4 is 0 Å². The van der Waals surface area contributed by atoms with Gasteiger partial charge < -0.3 is 9.32 Å². The molecule has 14 heavy (non-hydrogen) atoms. The van der Waals surface area contributed by atoms with Gasteiger partial charge in [0.1, 0.15) is 0 Å². The quantitative estimate of drug-likeness (QED) is 0.682. The molecule has 0 bridgehead atoms. The van der Waals surface area contributed by atoms with E-state index >= 15 is 0 Å². The maximum absolute atomic E-state index is 11.7. The van der Waals surface area contributed by atoms with Crippen molar-refractivity contribution in [1.29, 1.82) is 0 Å². The van der Waals surface area contributed by atoms with E-state index in [1.165, 1.54) is 6.26 Å². The van der Waals surface area contributed by atoms with Gasteiger partial charge in [0.15, 0.2) is 5.76 Å². The van der Waals surface area contributed by atoms with E-state index in [-0.39, 0.29) is 5.91 Å². The molecular weight excluding hydrogens is 202 g/mol. The predicted molar refractivity (Wildman–Crippen MR) is 52.5 cm³/mol. The number of hydrogen-bond acceptors (Lipinski definition) is 3. The SMILES string of the molecule is O=C(c1ccco1)N1CCS(=O)CC1. The average molecular weight is 213 g/mol. The first-order valence-electron chi connectivity index (χ1n) is 4.45. The number of hydrogen-bond donors (Lipinski definition) is 0. The van der Waals surface area contributed by atoms with Gasteiger partial charge in [0, 0.05) is 35.4 Å². The van der Waals surface area contributed by atoms with Crippen LogP contribution in [0.4, 0.5) is 0 Å². The number of carbonyl (C=O) groups is 1. The molecule has 0 aliphatic carbocycles. The molecule has 0 saturated carbocycles. The zero-order valence-electron chi connectivity index (χ0n) is 7.64. The van der Waals surface area contributed by atoms with Crippen LogP contribution in [0.5, 0.6) is 0 Å². The number of amides is 1. The van der Waals surface area contributed by atoms with E-state index in [0.717, 1.165) is 0 Å². The van der Waals surface area contributed by atoms with Crippen LogP contribution in [0.2, 0.25) is 0 Å². The highest BCUT2D eigenvalue weighted by atomic mass is 32.2. The standard InChI is InChI=1S/C9H11NO3S/c11-9(8-2-1-5-13-8)10-3-6-14(12)7-4-10/h1-2,5H,3-4,6-7H2. The Morgan fingerprint density at radius 1 is 1.43 bits per heavy atom. The maximum atomic E-state index is 11.7. The third-order valence-corrected chi connectivity index (χ3v) is 3.47. The lowest BCUT2D eigenvalue weighted by Gasteiger charge is -2.25. The first kappa shape index (κ1) is 9.45. The van der Waals surface area contributed by atoms with Crippen molar-refractivity contribution in [2.45, 2.75) is 0 Å². The Morgan fingerprint density at radius 2 is 2.14 bits per heavy atom. The Hall–Kier alpha value is -1.10. The Kier molecular flexibility index (Phi) is 2.67. The lowest BCUT2D eigenvalue weighted by molar-refractivity contribution is 0.0739. The van der Waals surface area contributed by atoms with Crippen molar-refractivity contribution in [3.8, 4) is 0 Å². The lowest BCUT2D eigenvalue weighted by Crippen LogP contribution is -2.41. The summed E-state index contributed by atoms with van der Waals surface area (Å²) < 4.78 is 16.1. The van der Waals surface area contributed by atoms with Crippen molar-refractivity contribution >= 4 is 16.7 Å². The zero-order valence-corrected chi connectivity index (χ0v) is 8.46. The summed E-state index contributed by atoms with van der Waals surface area (Å²) in [7, 11) is -0.749. The number of rotatable bonds is 1. The van der Waals surface area contributed by atoms with Crippen molar-refractivity contribution in [2.24, 2.45) is 0 Å². The van der Waals surface area contributed by atoms with Crippen molar-refractivity contribution in [3.63, 3.8) is 0 Å². The second-order valence-corrected chi connectivity index (χ2v) is 4.81. The molecule has 5 heteroatoms. The van der Waals surface area contributed by atoms with Gasteiger partial charge in [0.25, 0.3) is 5.91 Å². The molecule has 1 saturated heterocycles. The molecule has 1 aliphatic heterocycles. The van der Waals surface area contributed by atoms with Crippen LogP contribution in [0.25, 0.3) is 0 Å². The van der Waals surface area contributed by atoms with Gasteiger partial charge in [0.2, 0.25) is 0 Å². The van der Waals surface area contributed by atoms with Gasteiger partial charge in [-0.15, -0.1) is 0 Å². The van der Waals surface area contributed by atoms with Gasteiger partial charge in [0.05, 0.1) is 6.26 Å². The molecule has 0 spiro atoms. The summed E-state index contributed by atoms with van der Waals surface area (Å²) in [6.45, 7) is 1.12. The molecule has 0 N–H and O–H groups in total. The van der Waals surface area contributed by atoms with Gasteiger partial charge in [-0.3, -0.25) is 9.00 Å². The van der Waals surface area contributed by atoms with Gasteiger partial charge in [-0.1, -0.05) is 0 Å². The normalized spacial score (nSPS) is 18.4. The fourth-order valence-corrected chi connectivity index (χ4v) is 2.45. The summed E-state index contributed by atoms with van der Waals surface area (Å²) in [4.78, 5) is 13.4. The van der Waals surface area contributed by atoms with Crippen LogP contribution in [0.15, 0.2) is 22.8 Å². The molecular formula is C9H11NO3S. The van der Waals surface area contributed by atoms with E-state index in [1.807, 2.05) is 0 Å². The van der Waals surface area contributed by atoms with Crippen LogP contribution in [0.3, 0.4) is 0 Å². The first-order chi connectivity index (χ1) is 6.77. The van der Waals surface area contributed by atoms with Crippen LogP contribution >= 0.6 is 0 Å². The summed E-state index contributed by atoms with van der Waals surface area (Å²) in [5.74, 6) is 1.41. The minimum absolute atomic E-state index is 0.105. The van der Waals surface area contributed by atoms with E-state index in [0.29, 0.717) is 30.4 Å². The summed E-state index contributed by atoms with van der Waals surface area (Å²) in [5.41, 5.74) is 0. The van der Waals surface area contributed by atoms with E-state index < -0.39 is 10.8 Å². The molecule has 0 atom stereocenters. The minimum atomic E-state index is -0.749. The molecule has 1 aromatic heterocycles. The first-order valence-corrected chi connectivity index (χ1v) is 5.94. The average Bonchev–Trinajstić information content (AvgIpc) is 2.71. The van der Waals surface area contributed by atoms with Gasteiger partial charge in [-0.2, -0.15) is 0 Å². The molecule has 4 nitrogen and oxygen atoms in total. The maximum Gasteiger partial charge on any atom is 0.289 e. The van der Waals surface area contributed by atoms with E-state index in [2.05, 4.69) is 0 Å². The molecule has 0 aromatic carbocycles. The number of nitrogens with zero attached hydrogens (tertiary/aromatic N) is 1. The summed E-state index contributed by atoms with van der Waals surface area (Å²) >= 11 is 0. The highest BCUT2D eigenvalue weighted by molar-refractivity contribution is 7.85. The Labute approximate surface area is 84.3 Å². The van der Waals surface area contributed by atoms with Crippen LogP contribution in [0, 0.1) is 0 Å². The van der Waals surface area contributed by atoms with E-state index in [1.54, 1.807) is 17.0 Å². The van der Waals surface area contributed by atoms with Gasteiger partial charge in [-0.25, -0.2) is 0 Å². The zero-order chi connectivity index (χ0) is 9.97. The topological polar surface area (TPSA) is 50.5 Å². The Morgan fingerprint density at radius 3 is 2.71 bits per heavy atom. The fraction of sp³-hybridized carbons (Fsp3) is 0.444.